The van der Waals surface area contributed by atoms with E-state index in [1.165, 1.54) is 6.07 Å². The van der Waals surface area contributed by atoms with Gasteiger partial charge in [-0.05, 0) is 25.0 Å². The fourth-order valence-corrected chi connectivity index (χ4v) is 2.70. The molecule has 1 nitrogen and oxygen atoms in total. The largest absolute Gasteiger partial charge is 0.389 e. The summed E-state index contributed by atoms with van der Waals surface area (Å²) in [7, 11) is 0. The Morgan fingerprint density at radius 3 is 2.62 bits per heavy atom. The normalized spacial score (nSPS) is 14.8. The van der Waals surface area contributed by atoms with Crippen LogP contribution in [-0.4, -0.2) is 10.9 Å². The maximum Gasteiger partial charge on any atom is 0.130 e. The van der Waals surface area contributed by atoms with Gasteiger partial charge in [0.25, 0.3) is 0 Å². The molecule has 1 unspecified atom stereocenters. The minimum atomic E-state index is -0.749. The number of hydrogen-bond donors (Lipinski definition) is 1. The van der Waals surface area contributed by atoms with Gasteiger partial charge in [0.15, 0.2) is 0 Å². The van der Waals surface area contributed by atoms with Crippen LogP contribution in [0.5, 0.6) is 0 Å². The van der Waals surface area contributed by atoms with Gasteiger partial charge in [0.05, 0.1) is 6.10 Å². The highest BCUT2D eigenvalue weighted by atomic mass is 32.2. The molecule has 0 bridgehead atoms. The zero-order valence-corrected chi connectivity index (χ0v) is 10.9. The topological polar surface area (TPSA) is 20.2 Å². The first-order valence-electron chi connectivity index (χ1n) is 5.65. The Balaban J connectivity index is 2.83. The van der Waals surface area contributed by atoms with Gasteiger partial charge in [-0.1, -0.05) is 26.3 Å². The van der Waals surface area contributed by atoms with Crippen LogP contribution in [0.4, 0.5) is 4.39 Å². The van der Waals surface area contributed by atoms with Crippen LogP contribution in [0.3, 0.4) is 0 Å². The monoisotopic (exact) mass is 242 g/mol. The quantitative estimate of drug-likeness (QED) is 0.787. The van der Waals surface area contributed by atoms with Gasteiger partial charge < -0.3 is 5.11 Å². The molecule has 16 heavy (non-hydrogen) atoms. The van der Waals surface area contributed by atoms with Crippen LogP contribution < -0.4 is 0 Å². The first-order chi connectivity index (χ1) is 7.56. The molecule has 0 spiro atoms. The lowest BCUT2D eigenvalue weighted by atomic mass is 10.1. The Hall–Kier alpha value is -0.540. The van der Waals surface area contributed by atoms with Crippen LogP contribution in [0.15, 0.2) is 23.1 Å². The SMILES string of the molecule is CCC(C)CSc1cccc(F)c1[C@@H](C)O. The Kier molecular flexibility index (Phi) is 5.29. The van der Waals surface area contributed by atoms with Crippen molar-refractivity contribution in [3.05, 3.63) is 29.6 Å². The molecule has 3 heteroatoms. The van der Waals surface area contributed by atoms with Crippen molar-refractivity contribution in [2.45, 2.75) is 38.2 Å². The van der Waals surface area contributed by atoms with E-state index in [2.05, 4.69) is 13.8 Å². The zero-order valence-electron chi connectivity index (χ0n) is 10.0. The highest BCUT2D eigenvalue weighted by Crippen LogP contribution is 2.31. The molecule has 1 aromatic rings. The molecule has 1 rings (SSSR count). The van der Waals surface area contributed by atoms with Gasteiger partial charge in [0, 0.05) is 16.2 Å². The average molecular weight is 242 g/mol. The highest BCUT2D eigenvalue weighted by molar-refractivity contribution is 7.99. The van der Waals surface area contributed by atoms with Crippen molar-refractivity contribution in [3.8, 4) is 0 Å². The molecule has 0 aliphatic carbocycles. The molecule has 0 radical (unpaired) electrons. The second-order valence-electron chi connectivity index (χ2n) is 4.15. The highest BCUT2D eigenvalue weighted by Gasteiger charge is 2.14. The predicted molar refractivity (Wildman–Crippen MR) is 67.2 cm³/mol. The Labute approximate surface area is 101 Å². The van der Waals surface area contributed by atoms with Crippen molar-refractivity contribution in [2.75, 3.05) is 5.75 Å². The van der Waals surface area contributed by atoms with Crippen LogP contribution in [0.1, 0.15) is 38.9 Å². The summed E-state index contributed by atoms with van der Waals surface area (Å²) >= 11 is 1.62. The molecule has 0 saturated heterocycles. The molecular formula is C13H19FOS. The van der Waals surface area contributed by atoms with E-state index in [1.807, 2.05) is 6.07 Å². The molecular weight excluding hydrogens is 223 g/mol. The number of hydrogen-bond acceptors (Lipinski definition) is 2. The summed E-state index contributed by atoms with van der Waals surface area (Å²) in [6, 6.07) is 4.97. The lowest BCUT2D eigenvalue weighted by molar-refractivity contribution is 0.191. The zero-order chi connectivity index (χ0) is 12.1. The van der Waals surface area contributed by atoms with Gasteiger partial charge in [-0.25, -0.2) is 4.39 Å². The predicted octanol–water partition coefficient (Wildman–Crippen LogP) is 4.02. The fraction of sp³-hybridized carbons (Fsp3) is 0.538. The van der Waals surface area contributed by atoms with Crippen LogP contribution in [0, 0.1) is 11.7 Å². The third-order valence-electron chi connectivity index (χ3n) is 2.65. The lowest BCUT2D eigenvalue weighted by Crippen LogP contribution is -2.01. The molecule has 90 valence electrons. The molecule has 0 saturated carbocycles. The Morgan fingerprint density at radius 2 is 2.06 bits per heavy atom. The number of benzene rings is 1. The van der Waals surface area contributed by atoms with Crippen molar-refractivity contribution < 1.29 is 9.50 Å². The van der Waals surface area contributed by atoms with Gasteiger partial charge in [0.2, 0.25) is 0 Å². The molecule has 0 heterocycles. The van der Waals surface area contributed by atoms with E-state index in [4.69, 9.17) is 0 Å². The summed E-state index contributed by atoms with van der Waals surface area (Å²) in [5, 5.41) is 9.55. The first-order valence-corrected chi connectivity index (χ1v) is 6.64. The number of aliphatic hydroxyl groups is 1. The number of thioether (sulfide) groups is 1. The van der Waals surface area contributed by atoms with Crippen molar-refractivity contribution >= 4 is 11.8 Å². The van der Waals surface area contributed by atoms with Crippen molar-refractivity contribution in [1.82, 2.24) is 0 Å². The number of rotatable bonds is 5. The Bertz CT molecular complexity index is 339. The molecule has 1 aromatic carbocycles. The summed E-state index contributed by atoms with van der Waals surface area (Å²) in [5.41, 5.74) is 0.427. The van der Waals surface area contributed by atoms with E-state index in [-0.39, 0.29) is 5.82 Å². The van der Waals surface area contributed by atoms with Gasteiger partial charge in [-0.3, -0.25) is 0 Å². The van der Waals surface area contributed by atoms with Crippen molar-refractivity contribution in [3.63, 3.8) is 0 Å². The molecule has 0 aliphatic heterocycles. The van der Waals surface area contributed by atoms with Gasteiger partial charge in [-0.2, -0.15) is 0 Å². The third-order valence-corrected chi connectivity index (χ3v) is 4.05. The minimum Gasteiger partial charge on any atom is -0.389 e. The van der Waals surface area contributed by atoms with Crippen LogP contribution >= 0.6 is 11.8 Å². The fourth-order valence-electron chi connectivity index (χ4n) is 1.40. The van der Waals surface area contributed by atoms with E-state index in [0.29, 0.717) is 11.5 Å². The maximum atomic E-state index is 13.5. The van der Waals surface area contributed by atoms with E-state index >= 15 is 0 Å². The Morgan fingerprint density at radius 1 is 1.38 bits per heavy atom. The van der Waals surface area contributed by atoms with Crippen LogP contribution in [0.25, 0.3) is 0 Å². The van der Waals surface area contributed by atoms with Gasteiger partial charge in [-0.15, -0.1) is 11.8 Å². The minimum absolute atomic E-state index is 0.316. The smallest absolute Gasteiger partial charge is 0.130 e. The second kappa shape index (κ2) is 6.26. The lowest BCUT2D eigenvalue weighted by Gasteiger charge is -2.14. The third kappa shape index (κ3) is 3.49. The maximum absolute atomic E-state index is 13.5. The average Bonchev–Trinajstić information content (AvgIpc) is 2.25. The van der Waals surface area contributed by atoms with E-state index in [0.717, 1.165) is 17.1 Å². The molecule has 0 fully saturated rings. The summed E-state index contributed by atoms with van der Waals surface area (Å²) in [4.78, 5) is 0.857. The summed E-state index contributed by atoms with van der Waals surface area (Å²) in [5.74, 6) is 1.25. The van der Waals surface area contributed by atoms with E-state index in [1.54, 1.807) is 24.8 Å². The molecule has 1 N–H and O–H groups in total. The van der Waals surface area contributed by atoms with E-state index < -0.39 is 6.10 Å². The molecule has 0 aromatic heterocycles. The standard InChI is InChI=1S/C13H19FOS/c1-4-9(2)8-16-12-7-5-6-11(14)13(12)10(3)15/h5-7,9-10,15H,4,8H2,1-3H3/t9?,10-/m1/s1. The van der Waals surface area contributed by atoms with Gasteiger partial charge in [0.1, 0.15) is 5.82 Å². The molecule has 2 atom stereocenters. The number of aliphatic hydroxyl groups excluding tert-OH is 1. The van der Waals surface area contributed by atoms with Crippen molar-refractivity contribution in [1.29, 1.82) is 0 Å². The van der Waals surface area contributed by atoms with E-state index in [9.17, 15) is 9.50 Å². The van der Waals surface area contributed by atoms with Gasteiger partial charge >= 0.3 is 0 Å². The molecule has 0 aliphatic rings. The summed E-state index contributed by atoms with van der Waals surface area (Å²) in [6.45, 7) is 5.92. The van der Waals surface area contributed by atoms with Crippen molar-refractivity contribution in [2.24, 2.45) is 5.92 Å². The second-order valence-corrected chi connectivity index (χ2v) is 5.21. The molecule has 0 amide bonds. The van der Waals surface area contributed by atoms with Crippen LogP contribution in [0.2, 0.25) is 0 Å². The first kappa shape index (κ1) is 13.5. The van der Waals surface area contributed by atoms with Crippen LogP contribution in [-0.2, 0) is 0 Å². The number of halogens is 1. The summed E-state index contributed by atoms with van der Waals surface area (Å²) < 4.78 is 13.5. The summed E-state index contributed by atoms with van der Waals surface area (Å²) in [6.07, 6.45) is 0.368.